The van der Waals surface area contributed by atoms with Crippen molar-refractivity contribution in [3.8, 4) is 0 Å². The first-order valence-corrected chi connectivity index (χ1v) is 8.95. The summed E-state index contributed by atoms with van der Waals surface area (Å²) >= 11 is 1.67. The largest absolute Gasteiger partial charge is 0.351 e. The third-order valence-electron chi connectivity index (χ3n) is 4.25. The Morgan fingerprint density at radius 2 is 2.00 bits per heavy atom. The van der Waals surface area contributed by atoms with E-state index in [4.69, 9.17) is 0 Å². The first-order valence-electron chi connectivity index (χ1n) is 8.13. The minimum Gasteiger partial charge on any atom is -0.351 e. The smallest absolute Gasteiger partial charge is 0.234 e. The monoisotopic (exact) mass is 348 g/mol. The molecule has 0 atom stereocenters. The van der Waals surface area contributed by atoms with Crippen molar-refractivity contribution in [2.24, 2.45) is 0 Å². The first-order chi connectivity index (χ1) is 11.6. The van der Waals surface area contributed by atoms with Gasteiger partial charge in [0.05, 0.1) is 6.54 Å². The molecule has 5 nitrogen and oxygen atoms in total. The van der Waals surface area contributed by atoms with E-state index in [0.29, 0.717) is 19.0 Å². The molecular formula is C17H21FN4OS. The summed E-state index contributed by atoms with van der Waals surface area (Å²) in [4.78, 5) is 14.2. The molecule has 24 heavy (non-hydrogen) atoms. The first kappa shape index (κ1) is 17.0. The number of nitrogens with one attached hydrogen (secondary N) is 1. The lowest BCUT2D eigenvalue weighted by Gasteiger charge is -2.30. The maximum atomic E-state index is 12.8. The van der Waals surface area contributed by atoms with Gasteiger partial charge in [-0.1, -0.05) is 12.1 Å². The van der Waals surface area contributed by atoms with Gasteiger partial charge in [-0.3, -0.25) is 9.69 Å². The third-order valence-corrected chi connectivity index (χ3v) is 5.25. The van der Waals surface area contributed by atoms with Crippen molar-refractivity contribution in [1.29, 1.82) is 0 Å². The quantitative estimate of drug-likeness (QED) is 0.902. The van der Waals surface area contributed by atoms with Crippen molar-refractivity contribution < 1.29 is 9.18 Å². The Balaban J connectivity index is 1.40. The van der Waals surface area contributed by atoms with Crippen molar-refractivity contribution in [1.82, 2.24) is 20.4 Å². The minimum absolute atomic E-state index is 0.00420. The molecule has 7 heteroatoms. The lowest BCUT2D eigenvalue weighted by molar-refractivity contribution is -0.122. The molecule has 2 heterocycles. The van der Waals surface area contributed by atoms with Gasteiger partial charge in [-0.2, -0.15) is 0 Å². The molecular weight excluding hydrogens is 327 g/mol. The van der Waals surface area contributed by atoms with Gasteiger partial charge >= 0.3 is 0 Å². The molecule has 1 N–H and O–H groups in total. The van der Waals surface area contributed by atoms with Crippen LogP contribution in [0.25, 0.3) is 0 Å². The molecule has 1 saturated heterocycles. The zero-order chi connectivity index (χ0) is 16.9. The van der Waals surface area contributed by atoms with E-state index >= 15 is 0 Å². The number of halogens is 1. The zero-order valence-electron chi connectivity index (χ0n) is 13.7. The topological polar surface area (TPSA) is 58.1 Å². The molecule has 0 saturated carbocycles. The van der Waals surface area contributed by atoms with Crippen LogP contribution in [0.5, 0.6) is 0 Å². The van der Waals surface area contributed by atoms with Gasteiger partial charge in [0, 0.05) is 12.5 Å². The van der Waals surface area contributed by atoms with Gasteiger partial charge in [-0.05, 0) is 50.6 Å². The van der Waals surface area contributed by atoms with Crippen LogP contribution >= 0.6 is 11.3 Å². The van der Waals surface area contributed by atoms with Crippen LogP contribution in [-0.4, -0.2) is 40.6 Å². The highest BCUT2D eigenvalue weighted by molar-refractivity contribution is 7.11. The van der Waals surface area contributed by atoms with Crippen LogP contribution in [0.4, 0.5) is 4.39 Å². The van der Waals surface area contributed by atoms with Crippen LogP contribution < -0.4 is 5.32 Å². The van der Waals surface area contributed by atoms with Gasteiger partial charge in [0.25, 0.3) is 0 Å². The normalized spacial score (nSPS) is 16.2. The lowest BCUT2D eigenvalue weighted by atomic mass is 9.98. The summed E-state index contributed by atoms with van der Waals surface area (Å²) in [5.74, 6) is 0.206. The summed E-state index contributed by atoms with van der Waals surface area (Å²) in [5, 5.41) is 13.3. The lowest BCUT2D eigenvalue weighted by Crippen LogP contribution is -2.41. The number of likely N-dealkylation sites (tertiary alicyclic amines) is 1. The number of hydrogen-bond acceptors (Lipinski definition) is 5. The van der Waals surface area contributed by atoms with E-state index in [9.17, 15) is 9.18 Å². The number of aryl methyl sites for hydroxylation is 1. The highest BCUT2D eigenvalue weighted by atomic mass is 32.1. The van der Waals surface area contributed by atoms with Gasteiger partial charge in [0.15, 0.2) is 0 Å². The molecule has 2 aromatic rings. The highest BCUT2D eigenvalue weighted by Gasteiger charge is 2.24. The van der Waals surface area contributed by atoms with Crippen molar-refractivity contribution >= 4 is 17.2 Å². The molecule has 1 aromatic heterocycles. The van der Waals surface area contributed by atoms with E-state index in [-0.39, 0.29) is 11.7 Å². The standard InChI is InChI=1S/C17H21FN4OS/c1-12-20-21-17(24-12)14-6-8-22(9-7-14)11-16(23)19-10-13-2-4-15(18)5-3-13/h2-5,14H,6-11H2,1H3,(H,19,23). The van der Waals surface area contributed by atoms with Crippen LogP contribution in [0.2, 0.25) is 0 Å². The number of benzene rings is 1. The molecule has 128 valence electrons. The van der Waals surface area contributed by atoms with Crippen molar-refractivity contribution in [2.45, 2.75) is 32.2 Å². The number of nitrogens with zero attached hydrogens (tertiary/aromatic N) is 3. The Bertz CT molecular complexity index is 680. The summed E-state index contributed by atoms with van der Waals surface area (Å²) in [6.07, 6.45) is 2.03. The Morgan fingerprint density at radius 3 is 2.62 bits per heavy atom. The Kier molecular flexibility index (Phi) is 5.52. The van der Waals surface area contributed by atoms with Gasteiger partial charge in [-0.25, -0.2) is 4.39 Å². The second-order valence-electron chi connectivity index (χ2n) is 6.11. The van der Waals surface area contributed by atoms with Crippen LogP contribution in [0.3, 0.4) is 0 Å². The second-order valence-corrected chi connectivity index (χ2v) is 7.33. The SMILES string of the molecule is Cc1nnc(C2CCN(CC(=O)NCc3ccc(F)cc3)CC2)s1. The highest BCUT2D eigenvalue weighted by Crippen LogP contribution is 2.29. The van der Waals surface area contributed by atoms with Gasteiger partial charge in [-0.15, -0.1) is 21.5 Å². The van der Waals surface area contributed by atoms with E-state index < -0.39 is 0 Å². The minimum atomic E-state index is -0.265. The van der Waals surface area contributed by atoms with E-state index in [1.807, 2.05) is 6.92 Å². The maximum Gasteiger partial charge on any atom is 0.234 e. The number of aromatic nitrogens is 2. The fourth-order valence-electron chi connectivity index (χ4n) is 2.88. The van der Waals surface area contributed by atoms with Gasteiger partial charge < -0.3 is 5.32 Å². The molecule has 0 unspecified atom stereocenters. The van der Waals surface area contributed by atoms with Crippen LogP contribution in [0.1, 0.15) is 34.3 Å². The molecule has 1 aliphatic heterocycles. The second kappa shape index (κ2) is 7.81. The predicted molar refractivity (Wildman–Crippen MR) is 91.3 cm³/mol. The van der Waals surface area contributed by atoms with Crippen molar-refractivity contribution in [3.05, 3.63) is 45.7 Å². The van der Waals surface area contributed by atoms with Crippen LogP contribution in [0.15, 0.2) is 24.3 Å². The summed E-state index contributed by atoms with van der Waals surface area (Å²) in [5.41, 5.74) is 0.898. The molecule has 1 aliphatic rings. The number of piperidine rings is 1. The molecule has 3 rings (SSSR count). The average Bonchev–Trinajstić information content (AvgIpc) is 3.01. The summed E-state index contributed by atoms with van der Waals surface area (Å²) in [6, 6.07) is 6.18. The molecule has 0 radical (unpaired) electrons. The molecule has 1 fully saturated rings. The molecule has 0 bridgehead atoms. The number of carbonyl (C=O) groups is 1. The number of amides is 1. The van der Waals surface area contributed by atoms with E-state index in [1.165, 1.54) is 12.1 Å². The molecule has 1 amide bonds. The molecule has 1 aromatic carbocycles. The fourth-order valence-corrected chi connectivity index (χ4v) is 3.75. The molecule has 0 spiro atoms. The summed E-state index contributed by atoms with van der Waals surface area (Å²) in [6.45, 7) is 4.60. The van der Waals surface area contributed by atoms with Crippen molar-refractivity contribution in [2.75, 3.05) is 19.6 Å². The maximum absolute atomic E-state index is 12.8. The number of hydrogen-bond donors (Lipinski definition) is 1. The Labute approximate surface area is 144 Å². The van der Waals surface area contributed by atoms with Gasteiger partial charge in [0.2, 0.25) is 5.91 Å². The van der Waals surface area contributed by atoms with Gasteiger partial charge in [0.1, 0.15) is 15.8 Å². The van der Waals surface area contributed by atoms with E-state index in [2.05, 4.69) is 20.4 Å². The van der Waals surface area contributed by atoms with Crippen LogP contribution in [-0.2, 0) is 11.3 Å². The fraction of sp³-hybridized carbons (Fsp3) is 0.471. The zero-order valence-corrected chi connectivity index (χ0v) is 14.5. The number of rotatable bonds is 5. The Morgan fingerprint density at radius 1 is 1.29 bits per heavy atom. The Hall–Kier alpha value is -1.86. The average molecular weight is 348 g/mol. The number of carbonyl (C=O) groups excluding carboxylic acids is 1. The summed E-state index contributed by atoms with van der Waals surface area (Å²) < 4.78 is 12.8. The van der Waals surface area contributed by atoms with Crippen LogP contribution in [0, 0.1) is 12.7 Å². The van der Waals surface area contributed by atoms with Crippen molar-refractivity contribution in [3.63, 3.8) is 0 Å². The third kappa shape index (κ3) is 4.58. The summed E-state index contributed by atoms with van der Waals surface area (Å²) in [7, 11) is 0. The predicted octanol–water partition coefficient (Wildman–Crippen LogP) is 2.48. The van der Waals surface area contributed by atoms with E-state index in [0.717, 1.165) is 41.5 Å². The van der Waals surface area contributed by atoms with E-state index in [1.54, 1.807) is 23.5 Å². The molecule has 0 aliphatic carbocycles.